The van der Waals surface area contributed by atoms with E-state index in [-0.39, 0.29) is 11.9 Å². The van der Waals surface area contributed by atoms with Crippen molar-refractivity contribution >= 4 is 5.97 Å². The lowest BCUT2D eigenvalue weighted by molar-refractivity contribution is -0.161. The van der Waals surface area contributed by atoms with Gasteiger partial charge in [0.15, 0.2) is 0 Å². The largest absolute Gasteiger partial charge is 0.459 e. The topological polar surface area (TPSA) is 26.3 Å². The van der Waals surface area contributed by atoms with Crippen LogP contribution in [0.2, 0.25) is 0 Å². The molecule has 2 heteroatoms. The van der Waals surface area contributed by atoms with Crippen LogP contribution < -0.4 is 0 Å². The van der Waals surface area contributed by atoms with Crippen LogP contribution in [0.1, 0.15) is 71.9 Å². The summed E-state index contributed by atoms with van der Waals surface area (Å²) in [5.41, 5.74) is 2.35. The maximum Gasteiger partial charge on any atom is 0.308 e. The minimum absolute atomic E-state index is 0.0807. The second-order valence-electron chi connectivity index (χ2n) is 7.74. The Morgan fingerprint density at radius 2 is 1.68 bits per heavy atom. The SMILES string of the molecule is CC(C)Cc1ccccc1C(C)CC(C)(C)OC(=O)C(C)C. The van der Waals surface area contributed by atoms with E-state index in [1.54, 1.807) is 0 Å². The average Bonchev–Trinajstić information content (AvgIpc) is 2.37. The summed E-state index contributed by atoms with van der Waals surface area (Å²) in [5.74, 6) is 0.806. The first-order chi connectivity index (χ1) is 10.1. The highest BCUT2D eigenvalue weighted by atomic mass is 16.6. The first kappa shape index (κ1) is 18.7. The molecular weight excluding hydrogens is 272 g/mol. The van der Waals surface area contributed by atoms with Gasteiger partial charge in [0, 0.05) is 0 Å². The molecule has 0 spiro atoms. The fourth-order valence-corrected chi connectivity index (χ4v) is 2.92. The Labute approximate surface area is 136 Å². The predicted molar refractivity (Wildman–Crippen MR) is 93.0 cm³/mol. The van der Waals surface area contributed by atoms with Crippen LogP contribution >= 0.6 is 0 Å². The lowest BCUT2D eigenvalue weighted by Crippen LogP contribution is -2.31. The van der Waals surface area contributed by atoms with Crippen molar-refractivity contribution < 1.29 is 9.53 Å². The molecule has 1 rings (SSSR count). The summed E-state index contributed by atoms with van der Waals surface area (Å²) >= 11 is 0. The van der Waals surface area contributed by atoms with Gasteiger partial charge in [0.1, 0.15) is 5.60 Å². The van der Waals surface area contributed by atoms with Gasteiger partial charge in [0.25, 0.3) is 0 Å². The van der Waals surface area contributed by atoms with Gasteiger partial charge in [-0.25, -0.2) is 0 Å². The highest BCUT2D eigenvalue weighted by Gasteiger charge is 2.28. The van der Waals surface area contributed by atoms with Crippen LogP contribution in [-0.2, 0) is 16.0 Å². The van der Waals surface area contributed by atoms with E-state index in [1.807, 2.05) is 27.7 Å². The number of rotatable bonds is 7. The minimum Gasteiger partial charge on any atom is -0.459 e. The van der Waals surface area contributed by atoms with Crippen molar-refractivity contribution in [1.82, 2.24) is 0 Å². The third-order valence-corrected chi connectivity index (χ3v) is 3.86. The van der Waals surface area contributed by atoms with Gasteiger partial charge in [0.2, 0.25) is 0 Å². The molecule has 0 aliphatic carbocycles. The van der Waals surface area contributed by atoms with Gasteiger partial charge < -0.3 is 4.74 Å². The quantitative estimate of drug-likeness (QED) is 0.634. The van der Waals surface area contributed by atoms with Crippen molar-refractivity contribution in [2.75, 3.05) is 0 Å². The normalized spacial score (nSPS) is 13.5. The number of benzene rings is 1. The fraction of sp³-hybridized carbons (Fsp3) is 0.650. The molecule has 0 fully saturated rings. The molecule has 2 nitrogen and oxygen atoms in total. The Morgan fingerprint density at radius 1 is 1.09 bits per heavy atom. The molecule has 0 radical (unpaired) electrons. The molecule has 0 aromatic heterocycles. The van der Waals surface area contributed by atoms with Crippen LogP contribution in [0.3, 0.4) is 0 Å². The van der Waals surface area contributed by atoms with Crippen LogP contribution in [0.15, 0.2) is 24.3 Å². The standard InChI is InChI=1S/C20H32O2/c1-14(2)12-17-10-8-9-11-18(17)16(5)13-20(6,7)22-19(21)15(3)4/h8-11,14-16H,12-13H2,1-7H3. The van der Waals surface area contributed by atoms with Gasteiger partial charge in [-0.1, -0.05) is 58.9 Å². The van der Waals surface area contributed by atoms with E-state index in [4.69, 9.17) is 4.74 Å². The van der Waals surface area contributed by atoms with Crippen LogP contribution in [0.5, 0.6) is 0 Å². The van der Waals surface area contributed by atoms with Crippen molar-refractivity contribution in [1.29, 1.82) is 0 Å². The molecule has 1 unspecified atom stereocenters. The second kappa shape index (κ2) is 7.80. The Bertz CT molecular complexity index is 486. The second-order valence-corrected chi connectivity index (χ2v) is 7.74. The van der Waals surface area contributed by atoms with E-state index >= 15 is 0 Å². The molecule has 22 heavy (non-hydrogen) atoms. The lowest BCUT2D eigenvalue weighted by Gasteiger charge is -2.30. The Morgan fingerprint density at radius 3 is 2.23 bits per heavy atom. The van der Waals surface area contributed by atoms with Gasteiger partial charge >= 0.3 is 5.97 Å². The molecule has 0 amide bonds. The van der Waals surface area contributed by atoms with E-state index in [9.17, 15) is 4.79 Å². The molecule has 0 saturated carbocycles. The van der Waals surface area contributed by atoms with Gasteiger partial charge in [-0.3, -0.25) is 4.79 Å². The summed E-state index contributed by atoms with van der Waals surface area (Å²) in [5, 5.41) is 0. The number of esters is 1. The summed E-state index contributed by atoms with van der Waals surface area (Å²) in [6.07, 6.45) is 1.92. The van der Waals surface area contributed by atoms with Crippen molar-refractivity contribution in [2.45, 2.75) is 72.8 Å². The molecule has 0 heterocycles. The van der Waals surface area contributed by atoms with Gasteiger partial charge in [0.05, 0.1) is 5.92 Å². The first-order valence-electron chi connectivity index (χ1n) is 8.43. The average molecular weight is 304 g/mol. The van der Waals surface area contributed by atoms with Crippen LogP contribution in [0.25, 0.3) is 0 Å². The zero-order valence-corrected chi connectivity index (χ0v) is 15.3. The molecular formula is C20H32O2. The summed E-state index contributed by atoms with van der Waals surface area (Å²) in [7, 11) is 0. The van der Waals surface area contributed by atoms with Gasteiger partial charge in [-0.2, -0.15) is 0 Å². The zero-order chi connectivity index (χ0) is 16.9. The number of hydrogen-bond donors (Lipinski definition) is 0. The van der Waals surface area contributed by atoms with Crippen molar-refractivity contribution in [3.8, 4) is 0 Å². The Balaban J connectivity index is 2.84. The summed E-state index contributed by atoms with van der Waals surface area (Å²) < 4.78 is 5.67. The molecule has 0 bridgehead atoms. The van der Waals surface area contributed by atoms with E-state index in [2.05, 4.69) is 45.0 Å². The number of ether oxygens (including phenoxy) is 1. The van der Waals surface area contributed by atoms with E-state index < -0.39 is 5.60 Å². The zero-order valence-electron chi connectivity index (χ0n) is 15.3. The van der Waals surface area contributed by atoms with E-state index in [0.29, 0.717) is 11.8 Å². The highest BCUT2D eigenvalue weighted by molar-refractivity contribution is 5.72. The predicted octanol–water partition coefficient (Wildman–Crippen LogP) is 5.36. The van der Waals surface area contributed by atoms with Crippen molar-refractivity contribution in [3.05, 3.63) is 35.4 Å². The fourth-order valence-electron chi connectivity index (χ4n) is 2.92. The molecule has 1 aromatic rings. The minimum atomic E-state index is -0.439. The molecule has 0 saturated heterocycles. The highest BCUT2D eigenvalue weighted by Crippen LogP contribution is 2.31. The summed E-state index contributed by atoms with van der Waals surface area (Å²) in [6, 6.07) is 8.64. The summed E-state index contributed by atoms with van der Waals surface area (Å²) in [4.78, 5) is 11.9. The third-order valence-electron chi connectivity index (χ3n) is 3.86. The van der Waals surface area contributed by atoms with E-state index in [0.717, 1.165) is 12.8 Å². The van der Waals surface area contributed by atoms with Crippen LogP contribution in [-0.4, -0.2) is 11.6 Å². The maximum absolute atomic E-state index is 11.9. The molecule has 0 N–H and O–H groups in total. The smallest absolute Gasteiger partial charge is 0.308 e. The number of carbonyl (C=O) groups excluding carboxylic acids is 1. The first-order valence-corrected chi connectivity index (χ1v) is 8.43. The molecule has 0 aliphatic heterocycles. The molecule has 1 aromatic carbocycles. The van der Waals surface area contributed by atoms with Gasteiger partial charge in [-0.15, -0.1) is 0 Å². The number of hydrogen-bond acceptors (Lipinski definition) is 2. The van der Waals surface area contributed by atoms with Crippen molar-refractivity contribution in [3.63, 3.8) is 0 Å². The van der Waals surface area contributed by atoms with E-state index in [1.165, 1.54) is 11.1 Å². The maximum atomic E-state index is 11.9. The Kier molecular flexibility index (Phi) is 6.65. The Hall–Kier alpha value is -1.31. The van der Waals surface area contributed by atoms with Crippen LogP contribution in [0, 0.1) is 11.8 Å². The monoisotopic (exact) mass is 304 g/mol. The lowest BCUT2D eigenvalue weighted by atomic mass is 9.85. The molecule has 124 valence electrons. The molecule has 1 atom stereocenters. The molecule has 0 aliphatic rings. The van der Waals surface area contributed by atoms with Gasteiger partial charge in [-0.05, 0) is 49.7 Å². The van der Waals surface area contributed by atoms with Crippen LogP contribution in [0.4, 0.5) is 0 Å². The third kappa shape index (κ3) is 5.82. The summed E-state index contributed by atoms with van der Waals surface area (Å²) in [6.45, 7) is 14.5. The number of carbonyl (C=O) groups is 1. The van der Waals surface area contributed by atoms with Crippen molar-refractivity contribution in [2.24, 2.45) is 11.8 Å².